The lowest BCUT2D eigenvalue weighted by Gasteiger charge is -2.11. The van der Waals surface area contributed by atoms with Gasteiger partial charge in [-0.25, -0.2) is 8.42 Å². The summed E-state index contributed by atoms with van der Waals surface area (Å²) < 4.78 is 31.5. The normalized spacial score (nSPS) is 11.6. The fourth-order valence-corrected chi connectivity index (χ4v) is 2.95. The molecule has 0 spiro atoms. The number of aromatic nitrogens is 1. The van der Waals surface area contributed by atoms with Crippen molar-refractivity contribution in [2.45, 2.75) is 26.5 Å². The lowest BCUT2D eigenvalue weighted by atomic mass is 10.1. The van der Waals surface area contributed by atoms with E-state index in [0.717, 1.165) is 0 Å². The average Bonchev–Trinajstić information content (AvgIpc) is 2.70. The first kappa shape index (κ1) is 14.4. The summed E-state index contributed by atoms with van der Waals surface area (Å²) in [5, 5.41) is 13.2. The van der Waals surface area contributed by atoms with Crippen molar-refractivity contribution in [3.8, 4) is 5.75 Å². The molecule has 6 nitrogen and oxygen atoms in total. The Bertz CT molecular complexity index is 735. The highest BCUT2D eigenvalue weighted by Crippen LogP contribution is 2.26. The molecule has 1 aromatic carbocycles. The zero-order valence-corrected chi connectivity index (χ0v) is 12.3. The molecule has 0 atom stereocenters. The largest absolute Gasteiger partial charge is 0.508 e. The summed E-state index contributed by atoms with van der Waals surface area (Å²) in [7, 11) is -3.58. The minimum absolute atomic E-state index is 0.137. The second-order valence-electron chi connectivity index (χ2n) is 4.74. The van der Waals surface area contributed by atoms with Gasteiger partial charge in [-0.2, -0.15) is 0 Å². The molecule has 0 fully saturated rings. The molecule has 0 saturated heterocycles. The molecule has 0 aliphatic carbocycles. The van der Waals surface area contributed by atoms with Gasteiger partial charge >= 0.3 is 0 Å². The molecular weight excluding hydrogens is 280 g/mol. The van der Waals surface area contributed by atoms with E-state index in [1.807, 2.05) is 0 Å². The van der Waals surface area contributed by atoms with Crippen LogP contribution in [0.1, 0.15) is 22.6 Å². The quantitative estimate of drug-likeness (QED) is 0.844. The zero-order chi connectivity index (χ0) is 14.9. The number of benzene rings is 1. The van der Waals surface area contributed by atoms with E-state index < -0.39 is 10.0 Å². The Balaban J connectivity index is 2.22. The molecule has 1 heterocycles. The van der Waals surface area contributed by atoms with Crippen LogP contribution in [-0.4, -0.2) is 18.7 Å². The summed E-state index contributed by atoms with van der Waals surface area (Å²) >= 11 is 0. The number of aromatic hydroxyl groups is 1. The van der Waals surface area contributed by atoms with Crippen LogP contribution in [0.2, 0.25) is 0 Å². The molecule has 0 bridgehead atoms. The molecule has 0 aliphatic heterocycles. The lowest BCUT2D eigenvalue weighted by Crippen LogP contribution is -2.16. The van der Waals surface area contributed by atoms with Crippen molar-refractivity contribution >= 4 is 15.7 Å². The number of phenols is 1. The predicted molar refractivity (Wildman–Crippen MR) is 75.1 cm³/mol. The number of phenolic OH excluding ortho intramolecular Hbond substituents is 1. The molecule has 2 N–H and O–H groups in total. The van der Waals surface area contributed by atoms with Crippen molar-refractivity contribution in [2.24, 2.45) is 0 Å². The van der Waals surface area contributed by atoms with Crippen LogP contribution in [0.4, 0.5) is 5.69 Å². The molecule has 0 unspecified atom stereocenters. The standard InChI is InChI=1S/C13H16N2O4S/c1-8-5-13(16)9(2)4-12(8)15-20(17,18)7-11-6-10(3)19-14-11/h4-6,15-16H,7H2,1-3H3. The molecule has 20 heavy (non-hydrogen) atoms. The van der Waals surface area contributed by atoms with Crippen LogP contribution >= 0.6 is 0 Å². The zero-order valence-electron chi connectivity index (χ0n) is 11.5. The second-order valence-corrected chi connectivity index (χ2v) is 6.47. The summed E-state index contributed by atoms with van der Waals surface area (Å²) in [5.74, 6) is 0.438. The smallest absolute Gasteiger partial charge is 0.238 e. The first-order valence-electron chi connectivity index (χ1n) is 6.00. The molecule has 7 heteroatoms. The van der Waals surface area contributed by atoms with Crippen molar-refractivity contribution in [3.63, 3.8) is 0 Å². The third-order valence-electron chi connectivity index (χ3n) is 2.82. The monoisotopic (exact) mass is 296 g/mol. The van der Waals surface area contributed by atoms with Crippen LogP contribution in [-0.2, 0) is 15.8 Å². The van der Waals surface area contributed by atoms with E-state index in [2.05, 4.69) is 9.88 Å². The van der Waals surface area contributed by atoms with Crippen LogP contribution in [0.15, 0.2) is 22.7 Å². The van der Waals surface area contributed by atoms with Gasteiger partial charge in [0.25, 0.3) is 0 Å². The Morgan fingerprint density at radius 3 is 2.50 bits per heavy atom. The molecular formula is C13H16N2O4S. The maximum atomic E-state index is 12.1. The molecule has 108 valence electrons. The van der Waals surface area contributed by atoms with E-state index >= 15 is 0 Å². The average molecular weight is 296 g/mol. The molecule has 0 radical (unpaired) electrons. The maximum Gasteiger partial charge on any atom is 0.238 e. The van der Waals surface area contributed by atoms with Crippen molar-refractivity contribution in [1.29, 1.82) is 0 Å². The Morgan fingerprint density at radius 1 is 1.20 bits per heavy atom. The van der Waals surface area contributed by atoms with Crippen molar-refractivity contribution < 1.29 is 18.0 Å². The Kier molecular flexibility index (Phi) is 3.71. The fraction of sp³-hybridized carbons (Fsp3) is 0.308. The van der Waals surface area contributed by atoms with E-state index in [-0.39, 0.29) is 11.5 Å². The van der Waals surface area contributed by atoms with Gasteiger partial charge in [0, 0.05) is 6.07 Å². The molecule has 2 rings (SSSR count). The van der Waals surface area contributed by atoms with Gasteiger partial charge in [-0.15, -0.1) is 0 Å². The molecule has 0 aliphatic rings. The predicted octanol–water partition coefficient (Wildman–Crippen LogP) is 2.25. The van der Waals surface area contributed by atoms with Gasteiger partial charge in [0.05, 0.1) is 5.69 Å². The minimum atomic E-state index is -3.58. The van der Waals surface area contributed by atoms with Crippen molar-refractivity contribution in [2.75, 3.05) is 4.72 Å². The summed E-state index contributed by atoms with van der Waals surface area (Å²) in [5.41, 5.74) is 2.04. The molecule has 1 aromatic heterocycles. The van der Waals surface area contributed by atoms with Gasteiger partial charge in [0.1, 0.15) is 23.0 Å². The first-order valence-corrected chi connectivity index (χ1v) is 7.65. The van der Waals surface area contributed by atoms with Gasteiger partial charge in [-0.3, -0.25) is 4.72 Å². The van der Waals surface area contributed by atoms with E-state index in [0.29, 0.717) is 28.3 Å². The van der Waals surface area contributed by atoms with Crippen LogP contribution < -0.4 is 4.72 Å². The molecule has 0 saturated carbocycles. The van der Waals surface area contributed by atoms with Gasteiger partial charge < -0.3 is 9.63 Å². The van der Waals surface area contributed by atoms with Gasteiger partial charge in [-0.1, -0.05) is 5.16 Å². The highest BCUT2D eigenvalue weighted by Gasteiger charge is 2.16. The summed E-state index contributed by atoms with van der Waals surface area (Å²) in [6.45, 7) is 5.12. The minimum Gasteiger partial charge on any atom is -0.508 e. The number of rotatable bonds is 4. The highest BCUT2D eigenvalue weighted by molar-refractivity contribution is 7.91. The summed E-state index contributed by atoms with van der Waals surface area (Å²) in [6, 6.07) is 4.69. The molecule has 0 amide bonds. The first-order chi connectivity index (χ1) is 9.27. The number of hydrogen-bond acceptors (Lipinski definition) is 5. The number of nitrogens with zero attached hydrogens (tertiary/aromatic N) is 1. The lowest BCUT2D eigenvalue weighted by molar-refractivity contribution is 0.392. The van der Waals surface area contributed by atoms with Gasteiger partial charge in [0.2, 0.25) is 10.0 Å². The van der Waals surface area contributed by atoms with Gasteiger partial charge in [0.15, 0.2) is 0 Å². The van der Waals surface area contributed by atoms with Crippen LogP contribution in [0.25, 0.3) is 0 Å². The highest BCUT2D eigenvalue weighted by atomic mass is 32.2. The summed E-state index contributed by atoms with van der Waals surface area (Å²) in [6.07, 6.45) is 0. The van der Waals surface area contributed by atoms with Crippen LogP contribution in [0, 0.1) is 20.8 Å². The van der Waals surface area contributed by atoms with Crippen LogP contribution in [0.3, 0.4) is 0 Å². The maximum absolute atomic E-state index is 12.1. The SMILES string of the molecule is Cc1cc(CS(=O)(=O)Nc2cc(C)c(O)cc2C)no1. The second kappa shape index (κ2) is 5.16. The number of sulfonamides is 1. The fourth-order valence-electron chi connectivity index (χ4n) is 1.80. The molecule has 2 aromatic rings. The third kappa shape index (κ3) is 3.30. The number of hydrogen-bond donors (Lipinski definition) is 2. The van der Waals surface area contributed by atoms with E-state index in [4.69, 9.17) is 4.52 Å². The summed E-state index contributed by atoms with van der Waals surface area (Å²) in [4.78, 5) is 0. The number of aryl methyl sites for hydroxylation is 3. The Morgan fingerprint density at radius 2 is 1.90 bits per heavy atom. The van der Waals surface area contributed by atoms with E-state index in [1.54, 1.807) is 32.9 Å². The van der Waals surface area contributed by atoms with Crippen molar-refractivity contribution in [3.05, 3.63) is 40.8 Å². The number of anilines is 1. The van der Waals surface area contributed by atoms with E-state index in [1.165, 1.54) is 6.07 Å². The van der Waals surface area contributed by atoms with Crippen molar-refractivity contribution in [1.82, 2.24) is 5.16 Å². The van der Waals surface area contributed by atoms with Crippen LogP contribution in [0.5, 0.6) is 5.75 Å². The number of nitrogens with one attached hydrogen (secondary N) is 1. The Hall–Kier alpha value is -2.02. The topological polar surface area (TPSA) is 92.4 Å². The van der Waals surface area contributed by atoms with Gasteiger partial charge in [-0.05, 0) is 44.0 Å². The van der Waals surface area contributed by atoms with E-state index in [9.17, 15) is 13.5 Å². The third-order valence-corrected chi connectivity index (χ3v) is 4.03. The Labute approximate surface area is 117 Å².